The maximum absolute atomic E-state index is 12.1. The molecule has 1 aromatic carbocycles. The molecular formula is C17H16N4O. The standard InChI is InChI=1S/C17H16N4O/c1-13(20-17(22)15-6-8-18-9-7-15)14-2-4-16(5-3-14)21-11-10-19-12-21/h2-13H,1H3,(H,20,22)/t13-/m1/s1. The molecule has 3 aromatic rings. The van der Waals surface area contributed by atoms with Crippen LogP contribution in [0.25, 0.3) is 5.69 Å². The Bertz CT molecular complexity index is 736. The number of carbonyl (C=O) groups excluding carboxylic acids is 1. The highest BCUT2D eigenvalue weighted by atomic mass is 16.1. The van der Waals surface area contributed by atoms with Gasteiger partial charge in [0.2, 0.25) is 0 Å². The Balaban J connectivity index is 1.70. The minimum absolute atomic E-state index is 0.0718. The number of imidazole rings is 1. The van der Waals surface area contributed by atoms with Gasteiger partial charge in [0.15, 0.2) is 0 Å². The maximum Gasteiger partial charge on any atom is 0.251 e. The Morgan fingerprint density at radius 2 is 1.77 bits per heavy atom. The fraction of sp³-hybridized carbons (Fsp3) is 0.118. The summed E-state index contributed by atoms with van der Waals surface area (Å²) in [4.78, 5) is 20.1. The van der Waals surface area contributed by atoms with Gasteiger partial charge in [-0.1, -0.05) is 12.1 Å². The van der Waals surface area contributed by atoms with Crippen molar-refractivity contribution in [2.24, 2.45) is 0 Å². The second-order valence-electron chi connectivity index (χ2n) is 4.99. The first-order chi connectivity index (χ1) is 10.7. The van der Waals surface area contributed by atoms with Crippen LogP contribution in [-0.4, -0.2) is 20.4 Å². The van der Waals surface area contributed by atoms with Gasteiger partial charge in [0.25, 0.3) is 5.91 Å². The third-order valence-corrected chi connectivity index (χ3v) is 3.49. The number of hydrogen-bond donors (Lipinski definition) is 1. The smallest absolute Gasteiger partial charge is 0.251 e. The van der Waals surface area contributed by atoms with Gasteiger partial charge in [-0.25, -0.2) is 4.98 Å². The van der Waals surface area contributed by atoms with E-state index in [0.29, 0.717) is 5.56 Å². The van der Waals surface area contributed by atoms with Crippen LogP contribution in [0.3, 0.4) is 0 Å². The van der Waals surface area contributed by atoms with E-state index in [0.717, 1.165) is 11.3 Å². The highest BCUT2D eigenvalue weighted by Gasteiger charge is 2.11. The van der Waals surface area contributed by atoms with Gasteiger partial charge in [-0.05, 0) is 36.8 Å². The molecule has 5 nitrogen and oxygen atoms in total. The highest BCUT2D eigenvalue weighted by molar-refractivity contribution is 5.94. The van der Waals surface area contributed by atoms with Crippen molar-refractivity contribution in [3.8, 4) is 5.69 Å². The molecular weight excluding hydrogens is 276 g/mol. The number of aromatic nitrogens is 3. The lowest BCUT2D eigenvalue weighted by molar-refractivity contribution is 0.0940. The largest absolute Gasteiger partial charge is 0.346 e. The Morgan fingerprint density at radius 3 is 2.41 bits per heavy atom. The molecule has 1 amide bonds. The molecule has 2 heterocycles. The summed E-state index contributed by atoms with van der Waals surface area (Å²) in [6, 6.07) is 11.4. The van der Waals surface area contributed by atoms with Crippen LogP contribution in [0.2, 0.25) is 0 Å². The van der Waals surface area contributed by atoms with Crippen LogP contribution < -0.4 is 5.32 Å². The molecule has 0 saturated carbocycles. The van der Waals surface area contributed by atoms with Crippen molar-refractivity contribution in [1.29, 1.82) is 0 Å². The zero-order valence-corrected chi connectivity index (χ0v) is 12.2. The van der Waals surface area contributed by atoms with E-state index in [2.05, 4.69) is 15.3 Å². The molecule has 2 aromatic heterocycles. The van der Waals surface area contributed by atoms with E-state index in [1.165, 1.54) is 0 Å². The predicted octanol–water partition coefficient (Wildman–Crippen LogP) is 2.76. The van der Waals surface area contributed by atoms with Gasteiger partial charge >= 0.3 is 0 Å². The first kappa shape index (κ1) is 14.0. The van der Waals surface area contributed by atoms with Crippen molar-refractivity contribution in [2.45, 2.75) is 13.0 Å². The normalized spacial score (nSPS) is 11.9. The monoisotopic (exact) mass is 292 g/mol. The molecule has 22 heavy (non-hydrogen) atoms. The van der Waals surface area contributed by atoms with Gasteiger partial charge in [0, 0.05) is 36.0 Å². The molecule has 1 N–H and O–H groups in total. The minimum Gasteiger partial charge on any atom is -0.346 e. The fourth-order valence-corrected chi connectivity index (χ4v) is 2.21. The lowest BCUT2D eigenvalue weighted by atomic mass is 10.1. The second kappa shape index (κ2) is 6.22. The highest BCUT2D eigenvalue weighted by Crippen LogP contribution is 2.16. The molecule has 0 spiro atoms. The first-order valence-electron chi connectivity index (χ1n) is 7.03. The maximum atomic E-state index is 12.1. The van der Waals surface area contributed by atoms with E-state index in [-0.39, 0.29) is 11.9 Å². The number of hydrogen-bond acceptors (Lipinski definition) is 3. The number of carbonyl (C=O) groups is 1. The van der Waals surface area contributed by atoms with Crippen molar-refractivity contribution in [2.75, 3.05) is 0 Å². The molecule has 0 bridgehead atoms. The summed E-state index contributed by atoms with van der Waals surface area (Å²) in [5.74, 6) is -0.103. The number of pyridine rings is 1. The molecule has 0 aliphatic carbocycles. The molecule has 0 radical (unpaired) electrons. The van der Waals surface area contributed by atoms with Crippen LogP contribution in [0.5, 0.6) is 0 Å². The lowest BCUT2D eigenvalue weighted by Crippen LogP contribution is -2.26. The van der Waals surface area contributed by atoms with E-state index in [4.69, 9.17) is 0 Å². The van der Waals surface area contributed by atoms with Crippen molar-refractivity contribution < 1.29 is 4.79 Å². The molecule has 0 fully saturated rings. The molecule has 1 atom stereocenters. The summed E-state index contributed by atoms with van der Waals surface area (Å²) < 4.78 is 1.93. The first-order valence-corrected chi connectivity index (χ1v) is 7.03. The Labute approximate surface area is 128 Å². The zero-order valence-electron chi connectivity index (χ0n) is 12.2. The van der Waals surface area contributed by atoms with E-state index >= 15 is 0 Å². The fourth-order valence-electron chi connectivity index (χ4n) is 2.21. The van der Waals surface area contributed by atoms with E-state index in [9.17, 15) is 4.79 Å². The van der Waals surface area contributed by atoms with Crippen LogP contribution >= 0.6 is 0 Å². The zero-order chi connectivity index (χ0) is 15.4. The molecule has 5 heteroatoms. The van der Waals surface area contributed by atoms with Crippen molar-refractivity contribution in [3.63, 3.8) is 0 Å². The molecule has 0 unspecified atom stereocenters. The Hall–Kier alpha value is -2.95. The van der Waals surface area contributed by atoms with Crippen LogP contribution in [0, 0.1) is 0 Å². The summed E-state index contributed by atoms with van der Waals surface area (Å²) in [6.07, 6.45) is 8.61. The van der Waals surface area contributed by atoms with Crippen LogP contribution in [-0.2, 0) is 0 Å². The average molecular weight is 292 g/mol. The molecule has 110 valence electrons. The van der Waals surface area contributed by atoms with E-state index in [1.54, 1.807) is 37.1 Å². The molecule has 0 aliphatic heterocycles. The van der Waals surface area contributed by atoms with E-state index < -0.39 is 0 Å². The van der Waals surface area contributed by atoms with Gasteiger partial charge < -0.3 is 9.88 Å². The van der Waals surface area contributed by atoms with Gasteiger partial charge in [-0.2, -0.15) is 0 Å². The number of amides is 1. The SMILES string of the molecule is C[C@@H](NC(=O)c1ccncc1)c1ccc(-n2ccnc2)cc1. The summed E-state index contributed by atoms with van der Waals surface area (Å²) in [6.45, 7) is 1.96. The van der Waals surface area contributed by atoms with Crippen LogP contribution in [0.4, 0.5) is 0 Å². The van der Waals surface area contributed by atoms with Crippen molar-refractivity contribution in [3.05, 3.63) is 78.6 Å². The third kappa shape index (κ3) is 3.03. The van der Waals surface area contributed by atoms with Gasteiger partial charge in [-0.3, -0.25) is 9.78 Å². The Morgan fingerprint density at radius 1 is 1.05 bits per heavy atom. The summed E-state index contributed by atoms with van der Waals surface area (Å²) >= 11 is 0. The van der Waals surface area contributed by atoms with Crippen LogP contribution in [0.1, 0.15) is 28.9 Å². The van der Waals surface area contributed by atoms with Crippen LogP contribution in [0.15, 0.2) is 67.5 Å². The molecule has 0 saturated heterocycles. The second-order valence-corrected chi connectivity index (χ2v) is 4.99. The topological polar surface area (TPSA) is 59.8 Å². The third-order valence-electron chi connectivity index (χ3n) is 3.49. The number of nitrogens with zero attached hydrogens (tertiary/aromatic N) is 3. The Kier molecular flexibility index (Phi) is 3.96. The summed E-state index contributed by atoms with van der Waals surface area (Å²) in [5, 5.41) is 2.98. The predicted molar refractivity (Wildman–Crippen MR) is 83.7 cm³/mol. The minimum atomic E-state index is -0.103. The molecule has 3 rings (SSSR count). The number of benzene rings is 1. The van der Waals surface area contributed by atoms with E-state index in [1.807, 2.05) is 42.0 Å². The van der Waals surface area contributed by atoms with Gasteiger partial charge in [0.1, 0.15) is 0 Å². The average Bonchev–Trinajstić information content (AvgIpc) is 3.10. The van der Waals surface area contributed by atoms with Crippen molar-refractivity contribution in [1.82, 2.24) is 19.9 Å². The summed E-state index contributed by atoms with van der Waals surface area (Å²) in [7, 11) is 0. The molecule has 0 aliphatic rings. The number of nitrogens with one attached hydrogen (secondary N) is 1. The number of rotatable bonds is 4. The van der Waals surface area contributed by atoms with Gasteiger partial charge in [0.05, 0.1) is 12.4 Å². The van der Waals surface area contributed by atoms with Crippen molar-refractivity contribution >= 4 is 5.91 Å². The van der Waals surface area contributed by atoms with Gasteiger partial charge in [-0.15, -0.1) is 0 Å². The quantitative estimate of drug-likeness (QED) is 0.804. The lowest BCUT2D eigenvalue weighted by Gasteiger charge is -2.15. The summed E-state index contributed by atoms with van der Waals surface area (Å²) in [5.41, 5.74) is 2.69.